The number of benzene rings is 2. The van der Waals surface area contributed by atoms with Crippen LogP contribution in [0.4, 0.5) is 5.69 Å². The van der Waals surface area contributed by atoms with Gasteiger partial charge in [-0.2, -0.15) is 0 Å². The van der Waals surface area contributed by atoms with Crippen molar-refractivity contribution in [2.75, 3.05) is 14.2 Å². The first kappa shape index (κ1) is 14.8. The fourth-order valence-electron chi connectivity index (χ4n) is 2.94. The van der Waals surface area contributed by atoms with Crippen molar-refractivity contribution in [2.45, 2.75) is 0 Å². The molecule has 0 amide bonds. The van der Waals surface area contributed by atoms with Gasteiger partial charge < -0.3 is 14.0 Å². The second-order valence-electron chi connectivity index (χ2n) is 5.42. The Morgan fingerprint density at radius 1 is 0.958 bits per heavy atom. The Balaban J connectivity index is 1.93. The molecule has 0 spiro atoms. The summed E-state index contributed by atoms with van der Waals surface area (Å²) in [6.45, 7) is 0. The molecule has 1 aromatic heterocycles. The van der Waals surface area contributed by atoms with Crippen LogP contribution < -0.4 is 9.47 Å². The summed E-state index contributed by atoms with van der Waals surface area (Å²) in [5.41, 5.74) is 4.83. The molecule has 0 saturated heterocycles. The van der Waals surface area contributed by atoms with Crippen molar-refractivity contribution >= 4 is 23.0 Å². The van der Waals surface area contributed by atoms with Crippen LogP contribution in [0.5, 0.6) is 11.5 Å². The zero-order chi connectivity index (χ0) is 16.7. The highest BCUT2D eigenvalue weighted by atomic mass is 35.5. The average Bonchev–Trinajstić information content (AvgIpc) is 3.18. The minimum Gasteiger partial charge on any atom is -0.493 e. The normalized spacial score (nSPS) is 13.7. The van der Waals surface area contributed by atoms with Crippen molar-refractivity contribution in [1.82, 2.24) is 4.57 Å². The standard InChI is InChI=1S/C19H15ClN2O2/c1-23-17-10-14-16(11-18(17)24-2)22-9-3-4-15(22)19(14)21-13-7-5-12(20)6-8-13/h3-11H,1-2H3. The van der Waals surface area contributed by atoms with Gasteiger partial charge in [0.25, 0.3) is 0 Å². The predicted molar refractivity (Wildman–Crippen MR) is 95.6 cm³/mol. The molecule has 3 aromatic rings. The molecule has 24 heavy (non-hydrogen) atoms. The first-order chi connectivity index (χ1) is 11.7. The van der Waals surface area contributed by atoms with E-state index in [2.05, 4.69) is 4.57 Å². The first-order valence-corrected chi connectivity index (χ1v) is 7.88. The third-order valence-corrected chi connectivity index (χ3v) is 4.33. The maximum atomic E-state index is 5.96. The quantitative estimate of drug-likeness (QED) is 0.546. The van der Waals surface area contributed by atoms with Gasteiger partial charge in [-0.25, -0.2) is 4.99 Å². The van der Waals surface area contributed by atoms with Crippen molar-refractivity contribution in [3.8, 4) is 17.2 Å². The Labute approximate surface area is 144 Å². The molecule has 5 heteroatoms. The van der Waals surface area contributed by atoms with Gasteiger partial charge in [-0.05, 0) is 42.5 Å². The van der Waals surface area contributed by atoms with Crippen LogP contribution in [0.1, 0.15) is 11.3 Å². The summed E-state index contributed by atoms with van der Waals surface area (Å²) in [4.78, 5) is 4.83. The van der Waals surface area contributed by atoms with Crippen LogP contribution in [0.2, 0.25) is 5.02 Å². The van der Waals surface area contributed by atoms with Gasteiger partial charge in [0, 0.05) is 22.8 Å². The van der Waals surface area contributed by atoms with Crippen LogP contribution >= 0.6 is 11.6 Å². The SMILES string of the molecule is COc1cc2c(cc1OC)-n1cccc1C2=Nc1ccc(Cl)cc1. The van der Waals surface area contributed by atoms with Crippen LogP contribution in [0.3, 0.4) is 0 Å². The van der Waals surface area contributed by atoms with Gasteiger partial charge in [-0.15, -0.1) is 0 Å². The highest BCUT2D eigenvalue weighted by molar-refractivity contribution is 6.30. The van der Waals surface area contributed by atoms with Crippen molar-refractivity contribution in [2.24, 2.45) is 4.99 Å². The van der Waals surface area contributed by atoms with E-state index in [9.17, 15) is 0 Å². The largest absolute Gasteiger partial charge is 0.493 e. The summed E-state index contributed by atoms with van der Waals surface area (Å²) in [6, 6.07) is 15.5. The molecule has 0 unspecified atom stereocenters. The summed E-state index contributed by atoms with van der Waals surface area (Å²) >= 11 is 5.96. The number of fused-ring (bicyclic) bond motifs is 3. The van der Waals surface area contributed by atoms with Crippen molar-refractivity contribution in [3.63, 3.8) is 0 Å². The van der Waals surface area contributed by atoms with Gasteiger partial charge in [0.15, 0.2) is 11.5 Å². The van der Waals surface area contributed by atoms with Crippen LogP contribution in [-0.4, -0.2) is 24.5 Å². The van der Waals surface area contributed by atoms with E-state index in [1.54, 1.807) is 14.2 Å². The lowest BCUT2D eigenvalue weighted by Gasteiger charge is -2.10. The smallest absolute Gasteiger partial charge is 0.162 e. The molecule has 0 fully saturated rings. The number of aromatic nitrogens is 1. The fourth-order valence-corrected chi connectivity index (χ4v) is 3.07. The van der Waals surface area contributed by atoms with Crippen LogP contribution in [0.15, 0.2) is 59.7 Å². The Bertz CT molecular complexity index is 943. The Morgan fingerprint density at radius 2 is 1.67 bits per heavy atom. The first-order valence-electron chi connectivity index (χ1n) is 7.50. The van der Waals surface area contributed by atoms with E-state index >= 15 is 0 Å². The Kier molecular flexibility index (Phi) is 3.54. The number of hydrogen-bond donors (Lipinski definition) is 0. The summed E-state index contributed by atoms with van der Waals surface area (Å²) in [5, 5.41) is 0.695. The molecule has 0 radical (unpaired) electrons. The molecular weight excluding hydrogens is 324 g/mol. The maximum absolute atomic E-state index is 5.96. The van der Waals surface area contributed by atoms with E-state index in [-0.39, 0.29) is 0 Å². The second kappa shape index (κ2) is 5.73. The van der Waals surface area contributed by atoms with Crippen LogP contribution in [0, 0.1) is 0 Å². The summed E-state index contributed by atoms with van der Waals surface area (Å²) in [6.07, 6.45) is 2.02. The molecular formula is C19H15ClN2O2. The summed E-state index contributed by atoms with van der Waals surface area (Å²) in [5.74, 6) is 1.38. The van der Waals surface area contributed by atoms with Crippen LogP contribution in [-0.2, 0) is 0 Å². The molecule has 4 rings (SSSR count). The van der Waals surface area contributed by atoms with Crippen LogP contribution in [0.25, 0.3) is 5.69 Å². The van der Waals surface area contributed by atoms with E-state index in [4.69, 9.17) is 26.1 Å². The number of ether oxygens (including phenoxy) is 2. The molecule has 4 nitrogen and oxygen atoms in total. The van der Waals surface area contributed by atoms with Gasteiger partial charge in [-0.1, -0.05) is 11.6 Å². The lowest BCUT2D eigenvalue weighted by molar-refractivity contribution is 0.355. The van der Waals surface area contributed by atoms with E-state index in [1.807, 2.05) is 54.7 Å². The molecule has 1 aliphatic heterocycles. The summed E-state index contributed by atoms with van der Waals surface area (Å²) in [7, 11) is 3.27. The predicted octanol–water partition coefficient (Wildman–Crippen LogP) is 4.63. The number of nitrogens with zero attached hydrogens (tertiary/aromatic N) is 2. The molecule has 2 heterocycles. The van der Waals surface area contributed by atoms with E-state index in [0.29, 0.717) is 16.5 Å². The average molecular weight is 339 g/mol. The number of methoxy groups -OCH3 is 2. The number of hydrogen-bond acceptors (Lipinski definition) is 3. The Morgan fingerprint density at radius 3 is 2.38 bits per heavy atom. The lowest BCUT2D eigenvalue weighted by atomic mass is 10.1. The topological polar surface area (TPSA) is 35.8 Å². The zero-order valence-electron chi connectivity index (χ0n) is 13.3. The minimum atomic E-state index is 0.686. The molecule has 1 aliphatic rings. The van der Waals surface area contributed by atoms with Crippen molar-refractivity contribution in [1.29, 1.82) is 0 Å². The van der Waals surface area contributed by atoms with E-state index < -0.39 is 0 Å². The minimum absolute atomic E-state index is 0.686. The highest BCUT2D eigenvalue weighted by Crippen LogP contribution is 2.38. The third kappa shape index (κ3) is 2.27. The van der Waals surface area contributed by atoms with Crippen molar-refractivity contribution < 1.29 is 9.47 Å². The third-order valence-electron chi connectivity index (χ3n) is 4.08. The monoisotopic (exact) mass is 338 g/mol. The molecule has 2 aromatic carbocycles. The van der Waals surface area contributed by atoms with Gasteiger partial charge in [-0.3, -0.25) is 0 Å². The van der Waals surface area contributed by atoms with Gasteiger partial charge >= 0.3 is 0 Å². The molecule has 0 atom stereocenters. The number of aliphatic imine (C=N–C) groups is 1. The molecule has 0 N–H and O–H groups in total. The molecule has 0 saturated carbocycles. The fraction of sp³-hybridized carbons (Fsp3) is 0.105. The van der Waals surface area contributed by atoms with Gasteiger partial charge in [0.2, 0.25) is 0 Å². The van der Waals surface area contributed by atoms with Gasteiger partial charge in [0.05, 0.1) is 37.0 Å². The van der Waals surface area contributed by atoms with Crippen molar-refractivity contribution in [3.05, 3.63) is 71.0 Å². The number of rotatable bonds is 3. The summed E-state index contributed by atoms with van der Waals surface area (Å²) < 4.78 is 13.0. The highest BCUT2D eigenvalue weighted by Gasteiger charge is 2.26. The molecule has 120 valence electrons. The Hall–Kier alpha value is -2.72. The van der Waals surface area contributed by atoms with Gasteiger partial charge in [0.1, 0.15) is 0 Å². The lowest BCUT2D eigenvalue weighted by Crippen LogP contribution is -1.99. The van der Waals surface area contributed by atoms with E-state index in [1.165, 1.54) is 0 Å². The maximum Gasteiger partial charge on any atom is 0.162 e. The van der Waals surface area contributed by atoms with E-state index in [0.717, 1.165) is 28.3 Å². The second-order valence-corrected chi connectivity index (χ2v) is 5.86. The zero-order valence-corrected chi connectivity index (χ0v) is 14.0. The molecule has 0 bridgehead atoms. The number of halogens is 1. The molecule has 0 aliphatic carbocycles.